The molecule has 2 N–H and O–H groups in total. The van der Waals surface area contributed by atoms with Crippen molar-refractivity contribution in [3.63, 3.8) is 0 Å². The highest BCUT2D eigenvalue weighted by atomic mass is 79.9. The zero-order chi connectivity index (χ0) is 18.2. The molecule has 0 aromatic heterocycles. The van der Waals surface area contributed by atoms with Crippen molar-refractivity contribution in [1.29, 1.82) is 0 Å². The molecule has 2 amide bonds. The molecule has 2 aromatic rings. The predicted molar refractivity (Wildman–Crippen MR) is 100 cm³/mol. The fraction of sp³-hybridized carbons (Fsp3) is 0.263. The molecular weight excluding hydrogens is 384 g/mol. The van der Waals surface area contributed by atoms with E-state index in [9.17, 15) is 9.59 Å². The summed E-state index contributed by atoms with van der Waals surface area (Å²) in [6, 6.07) is 13.0. The number of benzene rings is 2. The van der Waals surface area contributed by atoms with E-state index in [0.717, 1.165) is 21.3 Å². The van der Waals surface area contributed by atoms with Gasteiger partial charge in [0.1, 0.15) is 5.75 Å². The molecule has 2 rings (SSSR count). The van der Waals surface area contributed by atoms with E-state index in [0.29, 0.717) is 18.6 Å². The molecular formula is C19H21BrN2O3. The molecule has 0 aliphatic rings. The lowest BCUT2D eigenvalue weighted by Gasteiger charge is -2.10. The minimum Gasteiger partial charge on any atom is -0.494 e. The summed E-state index contributed by atoms with van der Waals surface area (Å²) < 4.78 is 6.53. The summed E-state index contributed by atoms with van der Waals surface area (Å²) in [6.07, 6.45) is 0.824. The van der Waals surface area contributed by atoms with Gasteiger partial charge < -0.3 is 4.74 Å². The van der Waals surface area contributed by atoms with E-state index < -0.39 is 0 Å². The molecule has 0 bridgehead atoms. The molecule has 5 nitrogen and oxygen atoms in total. The fourth-order valence-electron chi connectivity index (χ4n) is 2.28. The Hall–Kier alpha value is -2.34. The van der Waals surface area contributed by atoms with E-state index >= 15 is 0 Å². The number of carbonyl (C=O) groups is 2. The number of nitrogens with one attached hydrogen (secondary N) is 2. The third-order valence-corrected chi connectivity index (χ3v) is 4.10. The van der Waals surface area contributed by atoms with E-state index in [1.54, 1.807) is 6.07 Å². The van der Waals surface area contributed by atoms with Gasteiger partial charge in [0, 0.05) is 16.5 Å². The van der Waals surface area contributed by atoms with Crippen LogP contribution in [0.4, 0.5) is 0 Å². The Balaban J connectivity index is 1.68. The number of carbonyl (C=O) groups excluding carboxylic acids is 2. The van der Waals surface area contributed by atoms with Crippen molar-refractivity contribution in [1.82, 2.24) is 10.9 Å². The number of amides is 2. The van der Waals surface area contributed by atoms with Gasteiger partial charge in [-0.15, -0.1) is 0 Å². The number of hydrogen-bond acceptors (Lipinski definition) is 3. The highest BCUT2D eigenvalue weighted by Gasteiger charge is 2.10. The molecule has 0 aliphatic carbocycles. The first-order chi connectivity index (χ1) is 12.0. The van der Waals surface area contributed by atoms with Crippen molar-refractivity contribution in [2.24, 2.45) is 0 Å². The fourth-order valence-corrected chi connectivity index (χ4v) is 2.54. The van der Waals surface area contributed by atoms with Crippen LogP contribution in [0, 0.1) is 13.8 Å². The van der Waals surface area contributed by atoms with Crippen LogP contribution in [-0.2, 0) is 4.79 Å². The molecule has 2 aromatic carbocycles. The van der Waals surface area contributed by atoms with Crippen LogP contribution in [0.15, 0.2) is 46.9 Å². The van der Waals surface area contributed by atoms with E-state index in [4.69, 9.17) is 4.74 Å². The standard InChI is InChI=1S/C19H21BrN2O3/c1-13-5-10-17(14(2)12-13)19(24)22-21-18(23)4-3-11-25-16-8-6-15(20)7-9-16/h5-10,12H,3-4,11H2,1-2H3,(H,21,23)(H,22,24). The lowest BCUT2D eigenvalue weighted by Crippen LogP contribution is -2.41. The van der Waals surface area contributed by atoms with Crippen molar-refractivity contribution < 1.29 is 14.3 Å². The van der Waals surface area contributed by atoms with Crippen LogP contribution in [0.3, 0.4) is 0 Å². The average Bonchev–Trinajstić information content (AvgIpc) is 2.58. The first-order valence-corrected chi connectivity index (χ1v) is 8.80. The summed E-state index contributed by atoms with van der Waals surface area (Å²) in [5.74, 6) is 0.182. The van der Waals surface area contributed by atoms with Crippen LogP contribution in [-0.4, -0.2) is 18.4 Å². The molecule has 0 aliphatic heterocycles. The maximum Gasteiger partial charge on any atom is 0.269 e. The van der Waals surface area contributed by atoms with E-state index in [1.165, 1.54) is 0 Å². The van der Waals surface area contributed by atoms with Gasteiger partial charge in [-0.2, -0.15) is 0 Å². The van der Waals surface area contributed by atoms with Gasteiger partial charge in [-0.1, -0.05) is 33.6 Å². The minimum atomic E-state index is -0.322. The van der Waals surface area contributed by atoms with Gasteiger partial charge in [0.25, 0.3) is 5.91 Å². The van der Waals surface area contributed by atoms with Crippen molar-refractivity contribution in [3.05, 3.63) is 63.6 Å². The molecule has 0 unspecified atom stereocenters. The third kappa shape index (κ3) is 6.23. The van der Waals surface area contributed by atoms with Gasteiger partial charge in [0.05, 0.1) is 6.61 Å². The average molecular weight is 405 g/mol. The first kappa shape index (κ1) is 19.0. The van der Waals surface area contributed by atoms with Crippen LogP contribution in [0.5, 0.6) is 5.75 Å². The lowest BCUT2D eigenvalue weighted by molar-refractivity contribution is -0.122. The Morgan fingerprint density at radius 1 is 1.04 bits per heavy atom. The van der Waals surface area contributed by atoms with Crippen molar-refractivity contribution in [3.8, 4) is 5.75 Å². The maximum absolute atomic E-state index is 12.1. The Labute approximate surface area is 155 Å². The molecule has 0 spiro atoms. The topological polar surface area (TPSA) is 67.4 Å². The molecule has 132 valence electrons. The van der Waals surface area contributed by atoms with E-state index in [2.05, 4.69) is 26.8 Å². The zero-order valence-electron chi connectivity index (χ0n) is 14.3. The Morgan fingerprint density at radius 2 is 1.76 bits per heavy atom. The van der Waals surface area contributed by atoms with Gasteiger partial charge in [0.2, 0.25) is 5.91 Å². The van der Waals surface area contributed by atoms with Gasteiger partial charge in [-0.25, -0.2) is 0 Å². The highest BCUT2D eigenvalue weighted by molar-refractivity contribution is 9.10. The summed E-state index contributed by atoms with van der Waals surface area (Å²) in [6.45, 7) is 4.26. The van der Waals surface area contributed by atoms with Gasteiger partial charge in [0.15, 0.2) is 0 Å². The number of ether oxygens (including phenoxy) is 1. The largest absolute Gasteiger partial charge is 0.494 e. The molecule has 0 heterocycles. The number of halogens is 1. The molecule has 0 saturated carbocycles. The van der Waals surface area contributed by atoms with Crippen LogP contribution in [0.1, 0.15) is 34.3 Å². The number of hydrazine groups is 1. The summed E-state index contributed by atoms with van der Waals surface area (Å²) in [5.41, 5.74) is 7.37. The summed E-state index contributed by atoms with van der Waals surface area (Å²) in [7, 11) is 0. The number of aryl methyl sites for hydroxylation is 2. The zero-order valence-corrected chi connectivity index (χ0v) is 15.9. The summed E-state index contributed by atoms with van der Waals surface area (Å²) in [4.78, 5) is 23.9. The summed E-state index contributed by atoms with van der Waals surface area (Å²) in [5, 5.41) is 0. The quantitative estimate of drug-likeness (QED) is 0.569. The molecule has 0 atom stereocenters. The Bertz CT molecular complexity index is 745. The van der Waals surface area contributed by atoms with E-state index in [-0.39, 0.29) is 18.2 Å². The second-order valence-corrected chi connectivity index (χ2v) is 6.64. The first-order valence-electron chi connectivity index (χ1n) is 8.00. The molecule has 6 heteroatoms. The maximum atomic E-state index is 12.1. The second-order valence-electron chi connectivity index (χ2n) is 5.73. The number of rotatable bonds is 6. The normalized spacial score (nSPS) is 10.2. The van der Waals surface area contributed by atoms with Crippen LogP contribution >= 0.6 is 15.9 Å². The van der Waals surface area contributed by atoms with Crippen molar-refractivity contribution in [2.45, 2.75) is 26.7 Å². The van der Waals surface area contributed by atoms with Gasteiger partial charge in [-0.3, -0.25) is 20.4 Å². The highest BCUT2D eigenvalue weighted by Crippen LogP contribution is 2.16. The monoisotopic (exact) mass is 404 g/mol. The molecule has 0 saturated heterocycles. The summed E-state index contributed by atoms with van der Waals surface area (Å²) >= 11 is 3.36. The van der Waals surface area contributed by atoms with Crippen molar-refractivity contribution in [2.75, 3.05) is 6.61 Å². The predicted octanol–water partition coefficient (Wildman–Crippen LogP) is 3.69. The van der Waals surface area contributed by atoms with Crippen LogP contribution in [0.2, 0.25) is 0 Å². The van der Waals surface area contributed by atoms with Gasteiger partial charge in [-0.05, 0) is 56.2 Å². The van der Waals surface area contributed by atoms with Crippen LogP contribution < -0.4 is 15.6 Å². The SMILES string of the molecule is Cc1ccc(C(=O)NNC(=O)CCCOc2ccc(Br)cc2)c(C)c1. The lowest BCUT2D eigenvalue weighted by atomic mass is 10.1. The molecule has 0 fully saturated rings. The number of hydrogen-bond donors (Lipinski definition) is 2. The Kier molecular flexibility index (Phi) is 7.01. The smallest absolute Gasteiger partial charge is 0.269 e. The Morgan fingerprint density at radius 3 is 2.44 bits per heavy atom. The third-order valence-electron chi connectivity index (χ3n) is 3.57. The minimum absolute atomic E-state index is 0.252. The van der Waals surface area contributed by atoms with Gasteiger partial charge >= 0.3 is 0 Å². The van der Waals surface area contributed by atoms with Crippen molar-refractivity contribution >= 4 is 27.7 Å². The second kappa shape index (κ2) is 9.22. The van der Waals surface area contributed by atoms with E-state index in [1.807, 2.05) is 50.2 Å². The molecule has 0 radical (unpaired) electrons. The van der Waals surface area contributed by atoms with Crippen LogP contribution in [0.25, 0.3) is 0 Å². The molecule has 25 heavy (non-hydrogen) atoms.